The molecular weight excluding hydrogens is 317 g/mol. The van der Waals surface area contributed by atoms with Crippen molar-refractivity contribution in [2.75, 3.05) is 13.1 Å². The van der Waals surface area contributed by atoms with E-state index in [2.05, 4.69) is 10.0 Å². The quantitative estimate of drug-likeness (QED) is 0.615. The van der Waals surface area contributed by atoms with Crippen molar-refractivity contribution < 1.29 is 12.8 Å². The molecule has 1 fully saturated rings. The van der Waals surface area contributed by atoms with Gasteiger partial charge in [0.2, 0.25) is 10.0 Å². The lowest BCUT2D eigenvalue weighted by molar-refractivity contribution is 0.461. The van der Waals surface area contributed by atoms with Crippen LogP contribution in [0.3, 0.4) is 0 Å². The van der Waals surface area contributed by atoms with Crippen molar-refractivity contribution in [1.29, 1.82) is 5.26 Å². The first-order valence-corrected chi connectivity index (χ1v) is 9.44. The zero-order valence-corrected chi connectivity index (χ0v) is 13.8. The van der Waals surface area contributed by atoms with E-state index in [-0.39, 0.29) is 17.0 Å². The first-order valence-electron chi connectivity index (χ1n) is 7.95. The molecule has 0 aliphatic heterocycles. The number of nitrogens with zero attached hydrogens (tertiary/aromatic N) is 1. The van der Waals surface area contributed by atoms with Crippen LogP contribution in [0.4, 0.5) is 4.39 Å². The van der Waals surface area contributed by atoms with Gasteiger partial charge in [0.1, 0.15) is 11.9 Å². The van der Waals surface area contributed by atoms with Gasteiger partial charge in [0.05, 0.1) is 10.5 Å². The number of nitriles is 1. The number of benzene rings is 1. The second-order valence-electron chi connectivity index (χ2n) is 5.79. The molecule has 23 heavy (non-hydrogen) atoms. The maximum absolute atomic E-state index is 13.3. The highest BCUT2D eigenvalue weighted by Crippen LogP contribution is 2.17. The molecule has 5 nitrogen and oxygen atoms in total. The lowest BCUT2D eigenvalue weighted by Gasteiger charge is -2.16. The minimum atomic E-state index is -3.73. The van der Waals surface area contributed by atoms with Gasteiger partial charge in [0.15, 0.2) is 0 Å². The second-order valence-corrected chi connectivity index (χ2v) is 7.56. The lowest BCUT2D eigenvalue weighted by Crippen LogP contribution is -2.36. The van der Waals surface area contributed by atoms with Gasteiger partial charge in [-0.15, -0.1) is 0 Å². The Labute approximate surface area is 136 Å². The average molecular weight is 339 g/mol. The van der Waals surface area contributed by atoms with Crippen LogP contribution in [0.5, 0.6) is 0 Å². The highest BCUT2D eigenvalue weighted by molar-refractivity contribution is 7.89. The number of hydrogen-bond donors (Lipinski definition) is 2. The summed E-state index contributed by atoms with van der Waals surface area (Å²) in [5, 5.41) is 12.2. The zero-order chi connectivity index (χ0) is 16.7. The van der Waals surface area contributed by atoms with Crippen molar-refractivity contribution >= 4 is 10.0 Å². The van der Waals surface area contributed by atoms with Crippen molar-refractivity contribution in [3.8, 4) is 6.07 Å². The van der Waals surface area contributed by atoms with Crippen LogP contribution in [0.25, 0.3) is 0 Å². The van der Waals surface area contributed by atoms with Crippen LogP contribution in [0.1, 0.15) is 44.1 Å². The maximum Gasteiger partial charge on any atom is 0.240 e. The SMILES string of the molecule is N#Cc1cc(S(=O)(=O)NCCNC2CCCCCC2)ccc1F. The predicted molar refractivity (Wildman–Crippen MR) is 85.8 cm³/mol. The average Bonchev–Trinajstić information content (AvgIpc) is 2.80. The standard InChI is InChI=1S/C16H22FN3O2S/c17-16-8-7-15(11-13(16)12-18)23(21,22)20-10-9-19-14-5-3-1-2-4-6-14/h7-8,11,14,19-20H,1-6,9-10H2. The van der Waals surface area contributed by atoms with Crippen LogP contribution >= 0.6 is 0 Å². The van der Waals surface area contributed by atoms with E-state index in [1.54, 1.807) is 6.07 Å². The van der Waals surface area contributed by atoms with Gasteiger partial charge in [0, 0.05) is 19.1 Å². The second kappa shape index (κ2) is 8.39. The summed E-state index contributed by atoms with van der Waals surface area (Å²) >= 11 is 0. The van der Waals surface area contributed by atoms with Crippen LogP contribution < -0.4 is 10.0 Å². The highest BCUT2D eigenvalue weighted by Gasteiger charge is 2.16. The van der Waals surface area contributed by atoms with Crippen molar-refractivity contribution in [2.24, 2.45) is 0 Å². The molecule has 0 bridgehead atoms. The van der Waals surface area contributed by atoms with E-state index in [1.165, 1.54) is 25.7 Å². The van der Waals surface area contributed by atoms with Crippen molar-refractivity contribution in [2.45, 2.75) is 49.5 Å². The van der Waals surface area contributed by atoms with E-state index in [1.807, 2.05) is 0 Å². The van der Waals surface area contributed by atoms with E-state index < -0.39 is 15.8 Å². The van der Waals surface area contributed by atoms with Crippen LogP contribution in [0, 0.1) is 17.1 Å². The molecule has 0 unspecified atom stereocenters. The van der Waals surface area contributed by atoms with Gasteiger partial charge in [-0.05, 0) is 31.0 Å². The molecule has 2 N–H and O–H groups in total. The van der Waals surface area contributed by atoms with Gasteiger partial charge in [-0.1, -0.05) is 25.7 Å². The normalized spacial score (nSPS) is 16.7. The molecule has 1 aliphatic rings. The molecule has 1 aromatic rings. The predicted octanol–water partition coefficient (Wildman–Crippen LogP) is 2.29. The maximum atomic E-state index is 13.3. The first kappa shape index (κ1) is 17.9. The van der Waals surface area contributed by atoms with E-state index in [0.717, 1.165) is 31.0 Å². The number of halogens is 1. The molecule has 1 saturated carbocycles. The third kappa shape index (κ3) is 5.27. The summed E-state index contributed by atoms with van der Waals surface area (Å²) in [6.45, 7) is 0.814. The fraction of sp³-hybridized carbons (Fsp3) is 0.562. The summed E-state index contributed by atoms with van der Waals surface area (Å²) in [4.78, 5) is -0.0927. The minimum absolute atomic E-state index is 0.0927. The number of sulfonamides is 1. The van der Waals surface area contributed by atoms with Crippen LogP contribution in [-0.4, -0.2) is 27.5 Å². The third-order valence-electron chi connectivity index (χ3n) is 4.07. The van der Waals surface area contributed by atoms with E-state index in [4.69, 9.17) is 5.26 Å². The zero-order valence-electron chi connectivity index (χ0n) is 13.0. The summed E-state index contributed by atoms with van der Waals surface area (Å²) in [6.07, 6.45) is 7.26. The van der Waals surface area contributed by atoms with Crippen LogP contribution in [-0.2, 0) is 10.0 Å². The Morgan fingerprint density at radius 2 is 1.87 bits per heavy atom. The topological polar surface area (TPSA) is 82.0 Å². The molecular formula is C16H22FN3O2S. The van der Waals surface area contributed by atoms with Crippen molar-refractivity contribution in [3.63, 3.8) is 0 Å². The number of rotatable bonds is 6. The molecule has 0 amide bonds. The fourth-order valence-electron chi connectivity index (χ4n) is 2.79. The monoisotopic (exact) mass is 339 g/mol. The smallest absolute Gasteiger partial charge is 0.240 e. The number of hydrogen-bond acceptors (Lipinski definition) is 4. The summed E-state index contributed by atoms with van der Waals surface area (Å²) in [5.74, 6) is -0.721. The van der Waals surface area contributed by atoms with Gasteiger partial charge in [0.25, 0.3) is 0 Å². The molecule has 0 atom stereocenters. The molecule has 126 valence electrons. The van der Waals surface area contributed by atoms with Gasteiger partial charge in [-0.25, -0.2) is 17.5 Å². The molecule has 7 heteroatoms. The molecule has 0 saturated heterocycles. The summed E-state index contributed by atoms with van der Waals surface area (Å²) in [5.41, 5.74) is -0.274. The Morgan fingerprint density at radius 1 is 1.17 bits per heavy atom. The van der Waals surface area contributed by atoms with Crippen LogP contribution in [0.2, 0.25) is 0 Å². The largest absolute Gasteiger partial charge is 0.313 e. The van der Waals surface area contributed by atoms with Gasteiger partial charge in [-0.2, -0.15) is 5.26 Å². The third-order valence-corrected chi connectivity index (χ3v) is 5.53. The summed E-state index contributed by atoms with van der Waals surface area (Å²) < 4.78 is 40.0. The Kier molecular flexibility index (Phi) is 6.51. The molecule has 1 aliphatic carbocycles. The molecule has 0 heterocycles. The highest BCUT2D eigenvalue weighted by atomic mass is 32.2. The summed E-state index contributed by atoms with van der Waals surface area (Å²) in [6, 6.07) is 5.31. The first-order chi connectivity index (χ1) is 11.0. The Hall–Kier alpha value is -1.49. The number of nitrogens with one attached hydrogen (secondary N) is 2. The van der Waals surface area contributed by atoms with Gasteiger partial charge >= 0.3 is 0 Å². The molecule has 0 aromatic heterocycles. The Bertz CT molecular complexity index is 662. The Morgan fingerprint density at radius 3 is 2.52 bits per heavy atom. The lowest BCUT2D eigenvalue weighted by atomic mass is 10.1. The molecule has 0 spiro atoms. The van der Waals surface area contributed by atoms with Crippen LogP contribution in [0.15, 0.2) is 23.1 Å². The molecule has 1 aromatic carbocycles. The Balaban J connectivity index is 1.85. The van der Waals surface area contributed by atoms with E-state index in [9.17, 15) is 12.8 Å². The van der Waals surface area contributed by atoms with E-state index >= 15 is 0 Å². The van der Waals surface area contributed by atoms with Gasteiger partial charge in [-0.3, -0.25) is 0 Å². The van der Waals surface area contributed by atoms with Crippen molar-refractivity contribution in [3.05, 3.63) is 29.6 Å². The van der Waals surface area contributed by atoms with Gasteiger partial charge < -0.3 is 5.32 Å². The molecule has 0 radical (unpaired) electrons. The van der Waals surface area contributed by atoms with E-state index in [0.29, 0.717) is 12.6 Å². The minimum Gasteiger partial charge on any atom is -0.313 e. The fourth-order valence-corrected chi connectivity index (χ4v) is 3.84. The molecule has 2 rings (SSSR count). The summed E-state index contributed by atoms with van der Waals surface area (Å²) in [7, 11) is -3.73. The van der Waals surface area contributed by atoms with Crippen molar-refractivity contribution in [1.82, 2.24) is 10.0 Å².